The highest BCUT2D eigenvalue weighted by molar-refractivity contribution is 5.41. The van der Waals surface area contributed by atoms with Gasteiger partial charge >= 0.3 is 0 Å². The van der Waals surface area contributed by atoms with Crippen molar-refractivity contribution in [1.82, 2.24) is 9.97 Å². The van der Waals surface area contributed by atoms with E-state index in [0.29, 0.717) is 11.8 Å². The highest BCUT2D eigenvalue weighted by Crippen LogP contribution is 2.16. The van der Waals surface area contributed by atoms with E-state index in [1.54, 1.807) is 19.2 Å². The summed E-state index contributed by atoms with van der Waals surface area (Å²) in [7, 11) is 0. The van der Waals surface area contributed by atoms with E-state index in [-0.39, 0.29) is 0 Å². The monoisotopic (exact) mass is 238 g/mol. The number of anilines is 2. The average molecular weight is 238 g/mol. The van der Waals surface area contributed by atoms with E-state index in [4.69, 9.17) is 0 Å². The molecule has 1 unspecified atom stereocenters. The van der Waals surface area contributed by atoms with Gasteiger partial charge in [0.15, 0.2) is 0 Å². The molecule has 1 heterocycles. The molecule has 0 spiro atoms. The number of rotatable bonds is 6. The molecule has 1 rings (SSSR count). The van der Waals surface area contributed by atoms with E-state index in [0.717, 1.165) is 13.0 Å². The zero-order chi connectivity index (χ0) is 12.9. The summed E-state index contributed by atoms with van der Waals surface area (Å²) in [5, 5.41) is 15.9. The fraction of sp³-hybridized carbons (Fsp3) is 0.667. The van der Waals surface area contributed by atoms with Gasteiger partial charge in [0.05, 0.1) is 11.6 Å². The topological polar surface area (TPSA) is 70.1 Å². The Labute approximate surface area is 103 Å². The van der Waals surface area contributed by atoms with Gasteiger partial charge < -0.3 is 15.7 Å². The summed E-state index contributed by atoms with van der Waals surface area (Å²) in [6.45, 7) is 8.55. The lowest BCUT2D eigenvalue weighted by molar-refractivity contribution is 0.133. The Morgan fingerprint density at radius 2 is 2.18 bits per heavy atom. The van der Waals surface area contributed by atoms with Gasteiger partial charge in [-0.2, -0.15) is 4.98 Å². The molecular formula is C12H22N4O. The number of nitrogens with zero attached hydrogens (tertiary/aromatic N) is 2. The minimum atomic E-state index is -0.468. The van der Waals surface area contributed by atoms with Gasteiger partial charge in [0.25, 0.3) is 0 Å². The largest absolute Gasteiger partial charge is 0.391 e. The van der Waals surface area contributed by atoms with Crippen LogP contribution in [0, 0.1) is 0 Å². The Hall–Kier alpha value is -1.36. The Balaban J connectivity index is 2.71. The van der Waals surface area contributed by atoms with Gasteiger partial charge in [-0.25, -0.2) is 4.98 Å². The zero-order valence-electron chi connectivity index (χ0n) is 11.0. The fourth-order valence-corrected chi connectivity index (χ4v) is 1.18. The molecule has 0 radical (unpaired) electrons. The molecule has 0 aromatic carbocycles. The van der Waals surface area contributed by atoms with Gasteiger partial charge in [0, 0.05) is 12.7 Å². The van der Waals surface area contributed by atoms with Crippen LogP contribution in [-0.4, -0.2) is 33.3 Å². The van der Waals surface area contributed by atoms with Crippen LogP contribution in [0.4, 0.5) is 11.8 Å². The molecule has 1 atom stereocenters. The first kappa shape index (κ1) is 13.7. The third-order valence-corrected chi connectivity index (χ3v) is 2.68. The lowest BCUT2D eigenvalue weighted by Gasteiger charge is -2.29. The van der Waals surface area contributed by atoms with Crippen molar-refractivity contribution in [3.8, 4) is 0 Å². The molecule has 3 N–H and O–H groups in total. The molecule has 1 aromatic heterocycles. The van der Waals surface area contributed by atoms with Crippen molar-refractivity contribution in [3.05, 3.63) is 12.3 Å². The number of aromatic nitrogens is 2. The predicted molar refractivity (Wildman–Crippen MR) is 70.2 cm³/mol. The molecule has 0 fully saturated rings. The van der Waals surface area contributed by atoms with Crippen molar-refractivity contribution in [1.29, 1.82) is 0 Å². The number of aliphatic hydroxyl groups is 1. The standard InChI is InChI=1S/C12H22N4O/c1-5-7-13-11-14-8-6-10(15-11)16-12(3,4)9(2)17/h6,8-9,17H,5,7H2,1-4H3,(H2,13,14,15,16). The fourth-order valence-electron chi connectivity index (χ4n) is 1.18. The normalized spacial score (nSPS) is 13.2. The van der Waals surface area contributed by atoms with Crippen molar-refractivity contribution in [3.63, 3.8) is 0 Å². The molecule has 0 bridgehead atoms. The van der Waals surface area contributed by atoms with Crippen LogP contribution in [0.3, 0.4) is 0 Å². The van der Waals surface area contributed by atoms with E-state index in [1.165, 1.54) is 0 Å². The lowest BCUT2D eigenvalue weighted by atomic mass is 9.99. The maximum Gasteiger partial charge on any atom is 0.224 e. The van der Waals surface area contributed by atoms with Crippen LogP contribution in [0.5, 0.6) is 0 Å². The summed E-state index contributed by atoms with van der Waals surface area (Å²) in [6.07, 6.45) is 2.26. The minimum Gasteiger partial charge on any atom is -0.391 e. The molecule has 17 heavy (non-hydrogen) atoms. The van der Waals surface area contributed by atoms with Crippen LogP contribution < -0.4 is 10.6 Å². The van der Waals surface area contributed by atoms with Gasteiger partial charge in [-0.05, 0) is 33.3 Å². The maximum atomic E-state index is 9.63. The second-order valence-electron chi connectivity index (χ2n) is 4.71. The molecule has 1 aromatic rings. The first-order chi connectivity index (χ1) is 7.95. The molecule has 0 aliphatic rings. The summed E-state index contributed by atoms with van der Waals surface area (Å²) in [6, 6.07) is 1.79. The van der Waals surface area contributed by atoms with Crippen LogP contribution in [-0.2, 0) is 0 Å². The summed E-state index contributed by atoms with van der Waals surface area (Å²) in [5.74, 6) is 1.32. The lowest BCUT2D eigenvalue weighted by Crippen LogP contribution is -2.42. The number of hydrogen-bond acceptors (Lipinski definition) is 5. The highest BCUT2D eigenvalue weighted by atomic mass is 16.3. The summed E-state index contributed by atoms with van der Waals surface area (Å²) < 4.78 is 0. The van der Waals surface area contributed by atoms with E-state index in [9.17, 15) is 5.11 Å². The maximum absolute atomic E-state index is 9.63. The molecule has 5 nitrogen and oxygen atoms in total. The third-order valence-electron chi connectivity index (χ3n) is 2.68. The van der Waals surface area contributed by atoms with Crippen LogP contribution in [0.25, 0.3) is 0 Å². The minimum absolute atomic E-state index is 0.420. The Bertz CT molecular complexity index is 352. The van der Waals surface area contributed by atoms with Crippen LogP contribution in [0.1, 0.15) is 34.1 Å². The average Bonchev–Trinajstić information content (AvgIpc) is 2.26. The smallest absolute Gasteiger partial charge is 0.224 e. The van der Waals surface area contributed by atoms with Gasteiger partial charge in [-0.3, -0.25) is 0 Å². The van der Waals surface area contributed by atoms with Crippen LogP contribution in [0.15, 0.2) is 12.3 Å². The molecule has 0 saturated carbocycles. The molecule has 5 heteroatoms. The van der Waals surface area contributed by atoms with Gasteiger partial charge in [-0.15, -0.1) is 0 Å². The van der Waals surface area contributed by atoms with Crippen LogP contribution in [0.2, 0.25) is 0 Å². The van der Waals surface area contributed by atoms with Gasteiger partial charge in [0.1, 0.15) is 5.82 Å². The molecule has 96 valence electrons. The van der Waals surface area contributed by atoms with E-state index >= 15 is 0 Å². The molecule has 0 aliphatic carbocycles. The van der Waals surface area contributed by atoms with E-state index in [2.05, 4.69) is 27.5 Å². The van der Waals surface area contributed by atoms with Gasteiger partial charge in [-0.1, -0.05) is 6.92 Å². The molecular weight excluding hydrogens is 216 g/mol. The first-order valence-electron chi connectivity index (χ1n) is 5.99. The summed E-state index contributed by atoms with van der Waals surface area (Å²) >= 11 is 0. The zero-order valence-corrected chi connectivity index (χ0v) is 11.0. The second-order valence-corrected chi connectivity index (χ2v) is 4.71. The SMILES string of the molecule is CCCNc1nccc(NC(C)(C)C(C)O)n1. The Morgan fingerprint density at radius 1 is 1.47 bits per heavy atom. The number of nitrogens with one attached hydrogen (secondary N) is 2. The summed E-state index contributed by atoms with van der Waals surface area (Å²) in [5.41, 5.74) is -0.420. The molecule has 0 saturated heterocycles. The highest BCUT2D eigenvalue weighted by Gasteiger charge is 2.24. The number of aliphatic hydroxyl groups excluding tert-OH is 1. The number of hydrogen-bond donors (Lipinski definition) is 3. The van der Waals surface area contributed by atoms with Crippen LogP contribution >= 0.6 is 0 Å². The first-order valence-corrected chi connectivity index (χ1v) is 5.99. The molecule has 0 aliphatic heterocycles. The van der Waals surface area contributed by atoms with Crippen molar-refractivity contribution >= 4 is 11.8 Å². The third kappa shape index (κ3) is 4.19. The molecule has 0 amide bonds. The van der Waals surface area contributed by atoms with Crippen molar-refractivity contribution in [2.24, 2.45) is 0 Å². The predicted octanol–water partition coefficient (Wildman–Crippen LogP) is 1.87. The Morgan fingerprint density at radius 3 is 2.76 bits per heavy atom. The van der Waals surface area contributed by atoms with Crippen molar-refractivity contribution in [2.45, 2.75) is 45.8 Å². The summed E-state index contributed by atoms with van der Waals surface area (Å²) in [4.78, 5) is 8.46. The van der Waals surface area contributed by atoms with E-state index < -0.39 is 11.6 Å². The van der Waals surface area contributed by atoms with Crippen molar-refractivity contribution in [2.75, 3.05) is 17.2 Å². The quantitative estimate of drug-likeness (QED) is 0.706. The van der Waals surface area contributed by atoms with Crippen molar-refractivity contribution < 1.29 is 5.11 Å². The second kappa shape index (κ2) is 5.82. The van der Waals surface area contributed by atoms with E-state index in [1.807, 2.05) is 13.8 Å². The van der Waals surface area contributed by atoms with Gasteiger partial charge in [0.2, 0.25) is 5.95 Å². The Kier molecular flexibility index (Phi) is 4.69.